The van der Waals surface area contributed by atoms with Crippen molar-refractivity contribution in [3.05, 3.63) is 0 Å². The molecular weight excluding hydrogens is 198 g/mol. The van der Waals surface area contributed by atoms with Crippen LogP contribution < -0.4 is 5.73 Å². The number of sulfone groups is 1. The number of amides is 1. The van der Waals surface area contributed by atoms with Crippen LogP contribution in [0.1, 0.15) is 13.3 Å². The molecule has 76 valence electrons. The standard InChI is InChI=1S/C6H11NO5S/c1-4(6(7)10)13(11,12)3-2-5(8)9/h4H,2-3H2,1H3,(H2,7,10)(H,8,9). The van der Waals surface area contributed by atoms with E-state index in [1.807, 2.05) is 0 Å². The van der Waals surface area contributed by atoms with Crippen LogP contribution in [0.4, 0.5) is 0 Å². The number of hydrogen-bond donors (Lipinski definition) is 2. The van der Waals surface area contributed by atoms with Crippen molar-refractivity contribution in [1.82, 2.24) is 0 Å². The summed E-state index contributed by atoms with van der Waals surface area (Å²) in [7, 11) is -3.71. The first-order valence-corrected chi connectivity index (χ1v) is 5.21. The molecule has 1 atom stereocenters. The number of aliphatic carboxylic acids is 1. The van der Waals surface area contributed by atoms with Gasteiger partial charge < -0.3 is 10.8 Å². The lowest BCUT2D eigenvalue weighted by atomic mass is 10.5. The summed E-state index contributed by atoms with van der Waals surface area (Å²) < 4.78 is 22.2. The zero-order valence-electron chi connectivity index (χ0n) is 7.06. The molecule has 0 aromatic rings. The summed E-state index contributed by atoms with van der Waals surface area (Å²) in [5.41, 5.74) is 4.76. The number of nitrogens with two attached hydrogens (primary N) is 1. The molecule has 0 aromatic carbocycles. The van der Waals surface area contributed by atoms with Gasteiger partial charge in [-0.15, -0.1) is 0 Å². The highest BCUT2D eigenvalue weighted by atomic mass is 32.2. The Labute approximate surface area is 75.6 Å². The van der Waals surface area contributed by atoms with Gasteiger partial charge in [-0.25, -0.2) is 8.42 Å². The van der Waals surface area contributed by atoms with Crippen molar-refractivity contribution in [2.45, 2.75) is 18.6 Å². The molecule has 0 fully saturated rings. The van der Waals surface area contributed by atoms with E-state index in [1.54, 1.807) is 0 Å². The van der Waals surface area contributed by atoms with Crippen LogP contribution in [0.15, 0.2) is 0 Å². The second-order valence-electron chi connectivity index (χ2n) is 2.56. The molecule has 7 heteroatoms. The molecule has 3 N–H and O–H groups in total. The molecule has 0 saturated carbocycles. The van der Waals surface area contributed by atoms with Crippen LogP contribution in [-0.2, 0) is 19.4 Å². The molecule has 0 aromatic heterocycles. The summed E-state index contributed by atoms with van der Waals surface area (Å²) in [6.45, 7) is 1.14. The van der Waals surface area contributed by atoms with E-state index in [1.165, 1.54) is 0 Å². The number of carbonyl (C=O) groups is 2. The van der Waals surface area contributed by atoms with E-state index < -0.39 is 39.1 Å². The molecule has 0 aliphatic rings. The molecule has 0 spiro atoms. The molecule has 0 rings (SSSR count). The van der Waals surface area contributed by atoms with Gasteiger partial charge in [0.25, 0.3) is 0 Å². The maximum atomic E-state index is 11.1. The van der Waals surface area contributed by atoms with E-state index in [9.17, 15) is 18.0 Å². The van der Waals surface area contributed by atoms with Gasteiger partial charge >= 0.3 is 5.97 Å². The van der Waals surface area contributed by atoms with Gasteiger partial charge in [0.15, 0.2) is 9.84 Å². The molecule has 0 radical (unpaired) electrons. The van der Waals surface area contributed by atoms with Gasteiger partial charge in [0.1, 0.15) is 5.25 Å². The summed E-state index contributed by atoms with van der Waals surface area (Å²) >= 11 is 0. The first kappa shape index (κ1) is 11.9. The van der Waals surface area contributed by atoms with Gasteiger partial charge in [0.05, 0.1) is 12.2 Å². The van der Waals surface area contributed by atoms with E-state index >= 15 is 0 Å². The van der Waals surface area contributed by atoms with Crippen molar-refractivity contribution in [1.29, 1.82) is 0 Å². The van der Waals surface area contributed by atoms with Crippen molar-refractivity contribution in [3.8, 4) is 0 Å². The quantitative estimate of drug-likeness (QED) is 0.587. The third kappa shape index (κ3) is 3.88. The Morgan fingerprint density at radius 3 is 2.23 bits per heavy atom. The van der Waals surface area contributed by atoms with Crippen LogP contribution in [0.25, 0.3) is 0 Å². The smallest absolute Gasteiger partial charge is 0.304 e. The highest BCUT2D eigenvalue weighted by Crippen LogP contribution is 2.02. The van der Waals surface area contributed by atoms with E-state index in [0.717, 1.165) is 6.92 Å². The Bertz CT molecular complexity index is 307. The fraction of sp³-hybridized carbons (Fsp3) is 0.667. The van der Waals surface area contributed by atoms with Gasteiger partial charge in [-0.3, -0.25) is 9.59 Å². The first-order chi connectivity index (χ1) is 5.77. The van der Waals surface area contributed by atoms with Crippen LogP contribution >= 0.6 is 0 Å². The minimum atomic E-state index is -3.71. The van der Waals surface area contributed by atoms with Crippen molar-refractivity contribution in [2.24, 2.45) is 5.73 Å². The zero-order valence-corrected chi connectivity index (χ0v) is 7.87. The van der Waals surface area contributed by atoms with Crippen molar-refractivity contribution in [2.75, 3.05) is 5.75 Å². The fourth-order valence-corrected chi connectivity index (χ4v) is 1.75. The lowest BCUT2D eigenvalue weighted by Gasteiger charge is -2.07. The maximum absolute atomic E-state index is 11.1. The van der Waals surface area contributed by atoms with Gasteiger partial charge in [0, 0.05) is 0 Å². The summed E-state index contributed by atoms with van der Waals surface area (Å²) in [5, 5.41) is 6.89. The Kier molecular flexibility index (Phi) is 3.86. The van der Waals surface area contributed by atoms with E-state index in [-0.39, 0.29) is 0 Å². The van der Waals surface area contributed by atoms with Gasteiger partial charge in [-0.2, -0.15) is 0 Å². The Hall–Kier alpha value is -1.11. The average molecular weight is 209 g/mol. The van der Waals surface area contributed by atoms with Crippen molar-refractivity contribution < 1.29 is 23.1 Å². The van der Waals surface area contributed by atoms with Crippen LogP contribution in [0.5, 0.6) is 0 Å². The largest absolute Gasteiger partial charge is 0.481 e. The van der Waals surface area contributed by atoms with Gasteiger partial charge in [-0.1, -0.05) is 0 Å². The molecular formula is C6H11NO5S. The summed E-state index contributed by atoms with van der Waals surface area (Å²) in [5.74, 6) is -2.75. The van der Waals surface area contributed by atoms with E-state index in [4.69, 9.17) is 10.8 Å². The number of carboxylic acids is 1. The second kappa shape index (κ2) is 4.22. The summed E-state index contributed by atoms with van der Waals surface area (Å²) in [6.07, 6.45) is -0.514. The van der Waals surface area contributed by atoms with Crippen molar-refractivity contribution in [3.63, 3.8) is 0 Å². The van der Waals surface area contributed by atoms with Crippen LogP contribution in [-0.4, -0.2) is 36.4 Å². The van der Waals surface area contributed by atoms with Crippen LogP contribution in [0, 0.1) is 0 Å². The number of hydrogen-bond acceptors (Lipinski definition) is 4. The SMILES string of the molecule is CC(C(N)=O)S(=O)(=O)CCC(=O)O. The highest BCUT2D eigenvalue weighted by Gasteiger charge is 2.26. The summed E-state index contributed by atoms with van der Waals surface area (Å²) in [6, 6.07) is 0. The lowest BCUT2D eigenvalue weighted by molar-refractivity contribution is -0.136. The maximum Gasteiger partial charge on any atom is 0.304 e. The van der Waals surface area contributed by atoms with E-state index in [0.29, 0.717) is 0 Å². The third-order valence-electron chi connectivity index (χ3n) is 1.54. The fourth-order valence-electron chi connectivity index (χ4n) is 0.583. The minimum Gasteiger partial charge on any atom is -0.481 e. The molecule has 0 heterocycles. The minimum absolute atomic E-state index is 0.514. The predicted octanol–water partition coefficient (Wildman–Crippen LogP) is -1.25. The lowest BCUT2D eigenvalue weighted by Crippen LogP contribution is -2.35. The monoisotopic (exact) mass is 209 g/mol. The predicted molar refractivity (Wildman–Crippen MR) is 44.7 cm³/mol. The molecule has 0 bridgehead atoms. The summed E-state index contributed by atoms with van der Waals surface area (Å²) in [4.78, 5) is 20.5. The number of primary amides is 1. The van der Waals surface area contributed by atoms with Gasteiger partial charge in [-0.05, 0) is 6.92 Å². The third-order valence-corrected chi connectivity index (χ3v) is 3.62. The number of carboxylic acid groups (broad SMARTS) is 1. The molecule has 0 aliphatic heterocycles. The number of rotatable bonds is 5. The Morgan fingerprint density at radius 1 is 1.46 bits per heavy atom. The van der Waals surface area contributed by atoms with E-state index in [2.05, 4.69) is 0 Å². The van der Waals surface area contributed by atoms with Gasteiger partial charge in [0.2, 0.25) is 5.91 Å². The van der Waals surface area contributed by atoms with Crippen molar-refractivity contribution >= 4 is 21.7 Å². The second-order valence-corrected chi connectivity index (χ2v) is 5.00. The normalized spacial score (nSPS) is 13.6. The van der Waals surface area contributed by atoms with Crippen LogP contribution in [0.2, 0.25) is 0 Å². The first-order valence-electron chi connectivity index (χ1n) is 3.50. The Balaban J connectivity index is 4.41. The molecule has 0 aliphatic carbocycles. The zero-order chi connectivity index (χ0) is 10.6. The molecule has 13 heavy (non-hydrogen) atoms. The topological polar surface area (TPSA) is 115 Å². The molecule has 1 unspecified atom stereocenters. The molecule has 1 amide bonds. The average Bonchev–Trinajstić information content (AvgIpc) is 1.99. The van der Waals surface area contributed by atoms with Crippen LogP contribution in [0.3, 0.4) is 0 Å². The highest BCUT2D eigenvalue weighted by molar-refractivity contribution is 7.92. The molecule has 6 nitrogen and oxygen atoms in total. The molecule has 0 saturated heterocycles. The number of carbonyl (C=O) groups excluding carboxylic acids is 1. The Morgan fingerprint density at radius 2 is 1.92 bits per heavy atom.